The third-order valence-electron chi connectivity index (χ3n) is 4.16. The number of carbonyl (C=O) groups excluding carboxylic acids is 2. The molecule has 0 N–H and O–H groups in total. The molecule has 118 valence electrons. The zero-order valence-electron chi connectivity index (χ0n) is 13.4. The van der Waals surface area contributed by atoms with Gasteiger partial charge in [-0.3, -0.25) is 9.59 Å². The van der Waals surface area contributed by atoms with Gasteiger partial charge in [0.15, 0.2) is 0 Å². The highest BCUT2D eigenvalue weighted by molar-refractivity contribution is 6.34. The third kappa shape index (κ3) is 2.06. The number of anilines is 1. The van der Waals surface area contributed by atoms with Crippen LogP contribution in [0, 0.1) is 13.8 Å². The molecule has 0 unspecified atom stereocenters. The lowest BCUT2D eigenvalue weighted by Gasteiger charge is -2.14. The maximum absolute atomic E-state index is 12.5. The fourth-order valence-corrected chi connectivity index (χ4v) is 3.06. The summed E-state index contributed by atoms with van der Waals surface area (Å²) in [4.78, 5) is 26.2. The topological polar surface area (TPSA) is 55.2 Å². The van der Waals surface area contributed by atoms with Crippen molar-refractivity contribution in [2.75, 3.05) is 4.90 Å². The molecular formula is C19H15N3O2. The minimum atomic E-state index is -0.283. The van der Waals surface area contributed by atoms with Crippen LogP contribution >= 0.6 is 0 Å². The monoisotopic (exact) mass is 317 g/mol. The van der Waals surface area contributed by atoms with Crippen LogP contribution in [-0.4, -0.2) is 21.6 Å². The second kappa shape index (κ2) is 5.16. The largest absolute Gasteiger partial charge is 0.268 e. The molecule has 2 aromatic carbocycles. The number of aryl methyl sites for hydroxylation is 2. The Balaban J connectivity index is 1.71. The summed E-state index contributed by atoms with van der Waals surface area (Å²) >= 11 is 0. The zero-order chi connectivity index (χ0) is 16.8. The van der Waals surface area contributed by atoms with Gasteiger partial charge in [-0.05, 0) is 56.3 Å². The van der Waals surface area contributed by atoms with Crippen molar-refractivity contribution in [1.82, 2.24) is 9.78 Å². The molecule has 0 saturated heterocycles. The molecule has 0 saturated carbocycles. The molecule has 1 aromatic heterocycles. The second-order valence-electron chi connectivity index (χ2n) is 5.85. The quantitative estimate of drug-likeness (QED) is 0.682. The average molecular weight is 317 g/mol. The Morgan fingerprint density at radius 3 is 1.83 bits per heavy atom. The summed E-state index contributed by atoms with van der Waals surface area (Å²) in [6.07, 6.45) is 0. The van der Waals surface area contributed by atoms with E-state index in [0.29, 0.717) is 16.8 Å². The van der Waals surface area contributed by atoms with Crippen molar-refractivity contribution in [2.24, 2.45) is 0 Å². The Hall–Kier alpha value is -3.21. The number of hydrogen-bond acceptors (Lipinski definition) is 3. The predicted molar refractivity (Wildman–Crippen MR) is 90.6 cm³/mol. The molecule has 0 fully saturated rings. The number of hydrogen-bond donors (Lipinski definition) is 0. The molecule has 5 nitrogen and oxygen atoms in total. The molecule has 5 heteroatoms. The first-order valence-corrected chi connectivity index (χ1v) is 7.68. The molecule has 0 radical (unpaired) electrons. The standard InChI is InChI=1S/C19H15N3O2/c1-12-11-13(2)22(20-12)15-9-7-14(8-10-15)21-18(23)16-5-3-4-6-17(16)19(21)24/h3-11H,1-2H3. The van der Waals surface area contributed by atoms with Gasteiger partial charge in [-0.15, -0.1) is 0 Å². The van der Waals surface area contributed by atoms with Crippen LogP contribution in [0.2, 0.25) is 0 Å². The van der Waals surface area contributed by atoms with Crippen molar-refractivity contribution in [3.63, 3.8) is 0 Å². The molecule has 0 bridgehead atoms. The van der Waals surface area contributed by atoms with Gasteiger partial charge in [0.25, 0.3) is 11.8 Å². The fraction of sp³-hybridized carbons (Fsp3) is 0.105. The number of fused-ring (bicyclic) bond motifs is 1. The van der Waals surface area contributed by atoms with Gasteiger partial charge in [0, 0.05) is 5.69 Å². The number of imide groups is 1. The van der Waals surface area contributed by atoms with E-state index >= 15 is 0 Å². The van der Waals surface area contributed by atoms with E-state index in [2.05, 4.69) is 5.10 Å². The Kier molecular flexibility index (Phi) is 3.09. The fourth-order valence-electron chi connectivity index (χ4n) is 3.06. The number of amides is 2. The van der Waals surface area contributed by atoms with Crippen LogP contribution in [0.4, 0.5) is 5.69 Å². The van der Waals surface area contributed by atoms with Gasteiger partial charge in [0.1, 0.15) is 0 Å². The van der Waals surface area contributed by atoms with Crippen molar-refractivity contribution >= 4 is 17.5 Å². The van der Waals surface area contributed by atoms with Crippen LogP contribution in [0.25, 0.3) is 5.69 Å². The summed E-state index contributed by atoms with van der Waals surface area (Å²) in [5.41, 5.74) is 4.32. The lowest BCUT2D eigenvalue weighted by atomic mass is 10.1. The first kappa shape index (κ1) is 14.4. The highest BCUT2D eigenvalue weighted by Gasteiger charge is 2.36. The number of nitrogens with zero attached hydrogens (tertiary/aromatic N) is 3. The number of carbonyl (C=O) groups is 2. The van der Waals surface area contributed by atoms with E-state index in [1.807, 2.05) is 36.7 Å². The van der Waals surface area contributed by atoms with E-state index in [0.717, 1.165) is 17.1 Å². The van der Waals surface area contributed by atoms with E-state index < -0.39 is 0 Å². The molecule has 0 atom stereocenters. The normalized spacial score (nSPS) is 13.5. The summed E-state index contributed by atoms with van der Waals surface area (Å²) < 4.78 is 1.83. The smallest absolute Gasteiger partial charge is 0.266 e. The first-order valence-electron chi connectivity index (χ1n) is 7.68. The molecule has 1 aliphatic rings. The van der Waals surface area contributed by atoms with E-state index in [9.17, 15) is 9.59 Å². The Bertz CT molecular complexity index is 936. The van der Waals surface area contributed by atoms with Crippen molar-refractivity contribution in [3.8, 4) is 5.69 Å². The maximum Gasteiger partial charge on any atom is 0.266 e. The number of benzene rings is 2. The predicted octanol–water partition coefficient (Wildman–Crippen LogP) is 3.29. The molecule has 1 aliphatic heterocycles. The third-order valence-corrected chi connectivity index (χ3v) is 4.16. The van der Waals surface area contributed by atoms with Crippen LogP contribution in [0.1, 0.15) is 32.1 Å². The molecule has 0 spiro atoms. The van der Waals surface area contributed by atoms with Crippen molar-refractivity contribution in [2.45, 2.75) is 13.8 Å². The Morgan fingerprint density at radius 1 is 0.792 bits per heavy atom. The van der Waals surface area contributed by atoms with Gasteiger partial charge in [-0.1, -0.05) is 12.1 Å². The van der Waals surface area contributed by atoms with E-state index in [4.69, 9.17) is 0 Å². The minimum absolute atomic E-state index is 0.283. The molecule has 0 aliphatic carbocycles. The first-order chi connectivity index (χ1) is 11.6. The van der Waals surface area contributed by atoms with Crippen molar-refractivity contribution < 1.29 is 9.59 Å². The summed E-state index contributed by atoms with van der Waals surface area (Å²) in [5, 5.41) is 4.44. The zero-order valence-corrected chi connectivity index (χ0v) is 13.4. The average Bonchev–Trinajstić information content (AvgIpc) is 3.05. The van der Waals surface area contributed by atoms with Gasteiger partial charge >= 0.3 is 0 Å². The molecule has 24 heavy (non-hydrogen) atoms. The van der Waals surface area contributed by atoms with Gasteiger partial charge in [0.05, 0.1) is 28.2 Å². The van der Waals surface area contributed by atoms with Crippen LogP contribution in [0.5, 0.6) is 0 Å². The van der Waals surface area contributed by atoms with Crippen molar-refractivity contribution in [1.29, 1.82) is 0 Å². The summed E-state index contributed by atoms with van der Waals surface area (Å²) in [7, 11) is 0. The number of rotatable bonds is 2. The second-order valence-corrected chi connectivity index (χ2v) is 5.85. The van der Waals surface area contributed by atoms with Crippen LogP contribution < -0.4 is 4.90 Å². The summed E-state index contributed by atoms with van der Waals surface area (Å²) in [6.45, 7) is 3.93. The molecule has 2 heterocycles. The van der Waals surface area contributed by atoms with Crippen LogP contribution in [-0.2, 0) is 0 Å². The Labute approximate surface area is 139 Å². The maximum atomic E-state index is 12.5. The van der Waals surface area contributed by atoms with E-state index in [1.165, 1.54) is 4.90 Å². The highest BCUT2D eigenvalue weighted by atomic mass is 16.2. The highest BCUT2D eigenvalue weighted by Crippen LogP contribution is 2.28. The SMILES string of the molecule is Cc1cc(C)n(-c2ccc(N3C(=O)c4ccccc4C3=O)cc2)n1. The van der Waals surface area contributed by atoms with Crippen molar-refractivity contribution in [3.05, 3.63) is 77.1 Å². The summed E-state index contributed by atoms with van der Waals surface area (Å²) in [5.74, 6) is -0.566. The lowest BCUT2D eigenvalue weighted by molar-refractivity contribution is 0.0926. The van der Waals surface area contributed by atoms with Crippen LogP contribution in [0.3, 0.4) is 0 Å². The van der Waals surface area contributed by atoms with Gasteiger partial charge in [-0.2, -0.15) is 5.10 Å². The van der Waals surface area contributed by atoms with E-state index in [-0.39, 0.29) is 11.8 Å². The molecule has 3 aromatic rings. The van der Waals surface area contributed by atoms with Crippen LogP contribution in [0.15, 0.2) is 54.6 Å². The Morgan fingerprint density at radius 2 is 1.33 bits per heavy atom. The van der Waals surface area contributed by atoms with Gasteiger partial charge in [-0.25, -0.2) is 9.58 Å². The number of aromatic nitrogens is 2. The molecule has 2 amide bonds. The van der Waals surface area contributed by atoms with Gasteiger partial charge in [0.2, 0.25) is 0 Å². The molecular weight excluding hydrogens is 302 g/mol. The molecule has 4 rings (SSSR count). The van der Waals surface area contributed by atoms with E-state index in [1.54, 1.807) is 36.4 Å². The van der Waals surface area contributed by atoms with Gasteiger partial charge < -0.3 is 0 Å². The lowest BCUT2D eigenvalue weighted by Crippen LogP contribution is -2.29. The summed E-state index contributed by atoms with van der Waals surface area (Å²) in [6, 6.07) is 16.1. The minimum Gasteiger partial charge on any atom is -0.268 e.